The van der Waals surface area contributed by atoms with Crippen LogP contribution >= 0.6 is 0 Å². The van der Waals surface area contributed by atoms with Crippen LogP contribution in [0.25, 0.3) is 0 Å². The van der Waals surface area contributed by atoms with Crippen LogP contribution in [0.1, 0.15) is 19.3 Å². The number of rotatable bonds is 2. The Morgan fingerprint density at radius 1 is 1.73 bits per heavy atom. The summed E-state index contributed by atoms with van der Waals surface area (Å²) in [5, 5.41) is 6.32. The molecule has 0 unspecified atom stereocenters. The largest absolute Gasteiger partial charge is 0.379 e. The minimum atomic E-state index is -0.113. The zero-order valence-corrected chi connectivity index (χ0v) is 5.96. The highest BCUT2D eigenvalue weighted by Crippen LogP contribution is 2.19. The maximum absolute atomic E-state index is 11.1. The van der Waals surface area contributed by atoms with E-state index < -0.39 is 0 Å². The Morgan fingerprint density at radius 2 is 2.55 bits per heavy atom. The van der Waals surface area contributed by atoms with E-state index in [4.69, 9.17) is 0 Å². The van der Waals surface area contributed by atoms with E-state index in [1.165, 1.54) is 0 Å². The molecule has 0 aromatic carbocycles. The molecule has 1 N–H and O–H groups in total. The van der Waals surface area contributed by atoms with Crippen molar-refractivity contribution in [3.63, 3.8) is 0 Å². The fraction of sp³-hybridized carbons (Fsp3) is 0.571. The highest BCUT2D eigenvalue weighted by atomic mass is 16.6. The van der Waals surface area contributed by atoms with Crippen LogP contribution in [0, 0.1) is 6.61 Å². The molecule has 0 aromatic heterocycles. The highest BCUT2D eigenvalue weighted by molar-refractivity contribution is 6.39. The van der Waals surface area contributed by atoms with E-state index in [2.05, 4.69) is 21.9 Å². The maximum atomic E-state index is 11.1. The molecule has 58 valence electrons. The van der Waals surface area contributed by atoms with Gasteiger partial charge in [0.1, 0.15) is 5.71 Å². The van der Waals surface area contributed by atoms with Gasteiger partial charge >= 0.3 is 0 Å². The van der Waals surface area contributed by atoms with Gasteiger partial charge in [-0.05, 0) is 12.8 Å². The molecule has 1 heterocycles. The van der Waals surface area contributed by atoms with Crippen LogP contribution in [0.15, 0.2) is 5.16 Å². The predicted octanol–water partition coefficient (Wildman–Crippen LogP) is 0.0801. The molecule has 0 spiro atoms. The third-order valence-corrected chi connectivity index (χ3v) is 1.63. The lowest BCUT2D eigenvalue weighted by Gasteiger charge is -1.98. The van der Waals surface area contributed by atoms with Crippen LogP contribution in [-0.2, 0) is 9.63 Å². The summed E-state index contributed by atoms with van der Waals surface area (Å²) in [4.78, 5) is 15.6. The molecule has 1 aliphatic heterocycles. The standard InChI is InChI=1S/C7H8N2O2/c10-7(8-5-1-2-5)6-3-4-11-9-6/h5H,1-3H2,(H,8,10). The molecule has 4 heteroatoms. The Bertz CT molecular complexity index is 208. The molecule has 0 bridgehead atoms. The number of hydrogen-bond donors (Lipinski definition) is 1. The van der Waals surface area contributed by atoms with Gasteiger partial charge in [0.2, 0.25) is 6.61 Å². The molecule has 0 saturated heterocycles. The van der Waals surface area contributed by atoms with Crippen LogP contribution in [0.4, 0.5) is 0 Å². The molecule has 0 atom stereocenters. The van der Waals surface area contributed by atoms with Crippen molar-refractivity contribution in [1.82, 2.24) is 5.32 Å². The van der Waals surface area contributed by atoms with Gasteiger partial charge in [0.15, 0.2) is 0 Å². The molecule has 1 saturated carbocycles. The number of oxime groups is 1. The zero-order valence-electron chi connectivity index (χ0n) is 5.96. The van der Waals surface area contributed by atoms with E-state index in [1.807, 2.05) is 0 Å². The van der Waals surface area contributed by atoms with Gasteiger partial charge < -0.3 is 10.2 Å². The zero-order chi connectivity index (χ0) is 7.68. The van der Waals surface area contributed by atoms with Crippen molar-refractivity contribution in [3.8, 4) is 0 Å². The van der Waals surface area contributed by atoms with Crippen LogP contribution in [0.3, 0.4) is 0 Å². The summed E-state index contributed by atoms with van der Waals surface area (Å²) in [5.74, 6) is -0.113. The Hall–Kier alpha value is -1.06. The Morgan fingerprint density at radius 3 is 3.09 bits per heavy atom. The second-order valence-corrected chi connectivity index (χ2v) is 2.70. The quantitative estimate of drug-likeness (QED) is 0.609. The van der Waals surface area contributed by atoms with Gasteiger partial charge in [0, 0.05) is 6.04 Å². The van der Waals surface area contributed by atoms with Gasteiger partial charge in [-0.1, -0.05) is 5.16 Å². The van der Waals surface area contributed by atoms with Crippen molar-refractivity contribution in [1.29, 1.82) is 0 Å². The average Bonchev–Trinajstić information content (AvgIpc) is 2.67. The first-order valence-electron chi connectivity index (χ1n) is 3.63. The highest BCUT2D eigenvalue weighted by Gasteiger charge is 2.27. The number of hydrogen-bond acceptors (Lipinski definition) is 3. The molecule has 2 aliphatic rings. The van der Waals surface area contributed by atoms with Gasteiger partial charge in [0.25, 0.3) is 5.91 Å². The topological polar surface area (TPSA) is 50.7 Å². The molecular weight excluding hydrogens is 144 g/mol. The third-order valence-electron chi connectivity index (χ3n) is 1.63. The smallest absolute Gasteiger partial charge is 0.269 e. The lowest BCUT2D eigenvalue weighted by molar-refractivity contribution is -0.115. The first-order valence-corrected chi connectivity index (χ1v) is 3.63. The van der Waals surface area contributed by atoms with E-state index in [0.717, 1.165) is 12.8 Å². The van der Waals surface area contributed by atoms with Crippen molar-refractivity contribution in [2.75, 3.05) is 0 Å². The third kappa shape index (κ3) is 1.50. The van der Waals surface area contributed by atoms with E-state index in [0.29, 0.717) is 18.2 Å². The fourth-order valence-electron chi connectivity index (χ4n) is 0.838. The molecule has 2 radical (unpaired) electrons. The summed E-state index contributed by atoms with van der Waals surface area (Å²) in [5.41, 5.74) is 0.428. The number of amides is 1. The van der Waals surface area contributed by atoms with Crippen molar-refractivity contribution in [3.05, 3.63) is 6.61 Å². The second kappa shape index (κ2) is 2.53. The van der Waals surface area contributed by atoms with Gasteiger partial charge in [-0.3, -0.25) is 4.79 Å². The van der Waals surface area contributed by atoms with Crippen LogP contribution in [-0.4, -0.2) is 17.7 Å². The molecule has 11 heavy (non-hydrogen) atoms. The first kappa shape index (κ1) is 6.64. The van der Waals surface area contributed by atoms with Gasteiger partial charge in [0.05, 0.1) is 6.42 Å². The Kier molecular flexibility index (Phi) is 1.52. The summed E-state index contributed by atoms with van der Waals surface area (Å²) >= 11 is 0. The summed E-state index contributed by atoms with van der Waals surface area (Å²) < 4.78 is 0. The molecule has 0 aromatic rings. The lowest BCUT2D eigenvalue weighted by atomic mass is 10.3. The van der Waals surface area contributed by atoms with Crippen molar-refractivity contribution < 1.29 is 9.63 Å². The molecule has 1 amide bonds. The van der Waals surface area contributed by atoms with Crippen LogP contribution in [0.5, 0.6) is 0 Å². The number of nitrogens with one attached hydrogen (secondary N) is 1. The maximum Gasteiger partial charge on any atom is 0.269 e. The molecule has 1 aliphatic carbocycles. The predicted molar refractivity (Wildman–Crippen MR) is 37.5 cm³/mol. The van der Waals surface area contributed by atoms with Crippen molar-refractivity contribution >= 4 is 11.6 Å². The molecule has 1 fully saturated rings. The van der Waals surface area contributed by atoms with Crippen LogP contribution in [0.2, 0.25) is 0 Å². The fourth-order valence-corrected chi connectivity index (χ4v) is 0.838. The minimum Gasteiger partial charge on any atom is -0.379 e. The van der Waals surface area contributed by atoms with E-state index in [1.54, 1.807) is 0 Å². The summed E-state index contributed by atoms with van der Waals surface area (Å²) in [6.07, 6.45) is 2.58. The van der Waals surface area contributed by atoms with Crippen molar-refractivity contribution in [2.24, 2.45) is 5.16 Å². The lowest BCUT2D eigenvalue weighted by Crippen LogP contribution is -2.31. The number of carbonyl (C=O) groups is 1. The summed E-state index contributed by atoms with van der Waals surface area (Å²) in [7, 11) is 0. The molecular formula is C7H8N2O2. The Balaban J connectivity index is 1.87. The molecule has 4 nitrogen and oxygen atoms in total. The summed E-state index contributed by atoms with van der Waals surface area (Å²) in [6, 6.07) is 0.380. The number of nitrogens with zero attached hydrogens (tertiary/aromatic N) is 1. The average molecular weight is 152 g/mol. The SMILES string of the molecule is O=C(NC1CC1)C1=NO[C]C1. The Labute approximate surface area is 64.6 Å². The normalized spacial score (nSPS) is 22.4. The number of carbonyl (C=O) groups excluding carboxylic acids is 1. The van der Waals surface area contributed by atoms with Crippen molar-refractivity contribution in [2.45, 2.75) is 25.3 Å². The van der Waals surface area contributed by atoms with Gasteiger partial charge in [-0.15, -0.1) is 0 Å². The minimum absolute atomic E-state index is 0.113. The molecule has 2 rings (SSSR count). The van der Waals surface area contributed by atoms with Gasteiger partial charge in [-0.2, -0.15) is 0 Å². The van der Waals surface area contributed by atoms with Crippen LogP contribution < -0.4 is 5.32 Å². The van der Waals surface area contributed by atoms with E-state index in [-0.39, 0.29) is 5.91 Å². The monoisotopic (exact) mass is 152 g/mol. The summed E-state index contributed by atoms with van der Waals surface area (Å²) in [6.45, 7) is 2.48. The van der Waals surface area contributed by atoms with Gasteiger partial charge in [-0.25, -0.2) is 0 Å². The van der Waals surface area contributed by atoms with E-state index in [9.17, 15) is 4.79 Å². The van der Waals surface area contributed by atoms with E-state index >= 15 is 0 Å². The first-order chi connectivity index (χ1) is 5.36. The second-order valence-electron chi connectivity index (χ2n) is 2.70.